The highest BCUT2D eigenvalue weighted by molar-refractivity contribution is 7.10. The molecule has 4 aromatic rings. The zero-order valence-corrected chi connectivity index (χ0v) is 24.0. The highest BCUT2D eigenvalue weighted by Crippen LogP contribution is 2.45. The molecule has 0 bridgehead atoms. The van der Waals surface area contributed by atoms with E-state index in [2.05, 4.69) is 20.2 Å². The Labute approximate surface area is 249 Å². The Morgan fingerprint density at radius 2 is 1.76 bits per heavy atom. The minimum Gasteiger partial charge on any atom is -0.478 e. The van der Waals surface area contributed by atoms with Crippen LogP contribution < -0.4 is 10.2 Å². The van der Waals surface area contributed by atoms with Crippen LogP contribution in [0.1, 0.15) is 39.7 Å². The lowest BCUT2D eigenvalue weighted by atomic mass is 9.81. The summed E-state index contributed by atoms with van der Waals surface area (Å²) in [5, 5.41) is 14.7. The van der Waals surface area contributed by atoms with Gasteiger partial charge in [0.25, 0.3) is 5.91 Å². The summed E-state index contributed by atoms with van der Waals surface area (Å²) >= 11 is 13.8. The van der Waals surface area contributed by atoms with Crippen LogP contribution in [0.25, 0.3) is 11.1 Å². The molecule has 3 atom stereocenters. The minimum absolute atomic E-state index is 0.199. The van der Waals surface area contributed by atoms with Gasteiger partial charge in [-0.25, -0.2) is 24.5 Å². The monoisotopic (exact) mass is 607 g/mol. The van der Waals surface area contributed by atoms with Gasteiger partial charge in [0.15, 0.2) is 0 Å². The molecule has 0 saturated carbocycles. The number of urea groups is 1. The molecule has 2 fully saturated rings. The normalized spacial score (nSPS) is 21.4. The Morgan fingerprint density at radius 1 is 1.07 bits per heavy atom. The van der Waals surface area contributed by atoms with Crippen molar-refractivity contribution >= 4 is 58.1 Å². The first-order chi connectivity index (χ1) is 19.7. The molecular formula is C29H23Cl2N5O4S. The van der Waals surface area contributed by atoms with E-state index in [4.69, 9.17) is 23.2 Å². The molecule has 2 aromatic heterocycles. The lowest BCUT2D eigenvalue weighted by Crippen LogP contribution is -2.53. The van der Waals surface area contributed by atoms with Gasteiger partial charge < -0.3 is 10.4 Å². The summed E-state index contributed by atoms with van der Waals surface area (Å²) < 4.78 is 0. The van der Waals surface area contributed by atoms with Gasteiger partial charge in [-0.15, -0.1) is 11.3 Å². The van der Waals surface area contributed by atoms with Crippen molar-refractivity contribution in [3.8, 4) is 11.1 Å². The van der Waals surface area contributed by atoms with E-state index in [0.29, 0.717) is 16.6 Å². The molecule has 41 heavy (non-hydrogen) atoms. The summed E-state index contributed by atoms with van der Waals surface area (Å²) in [6, 6.07) is 13.3. The predicted molar refractivity (Wildman–Crippen MR) is 157 cm³/mol. The van der Waals surface area contributed by atoms with Gasteiger partial charge in [-0.05, 0) is 42.3 Å². The number of anilines is 1. The second-order valence-electron chi connectivity index (χ2n) is 10.1. The van der Waals surface area contributed by atoms with Crippen LogP contribution in [-0.2, 0) is 4.79 Å². The van der Waals surface area contributed by atoms with Crippen LogP contribution in [0.5, 0.6) is 0 Å². The van der Waals surface area contributed by atoms with E-state index in [1.807, 2.05) is 31.2 Å². The maximum atomic E-state index is 14.3. The smallest absolute Gasteiger partial charge is 0.336 e. The van der Waals surface area contributed by atoms with Gasteiger partial charge in [-0.2, -0.15) is 0 Å². The molecule has 2 aliphatic heterocycles. The summed E-state index contributed by atoms with van der Waals surface area (Å²) in [5.41, 5.74) is 1.88. The van der Waals surface area contributed by atoms with Crippen molar-refractivity contribution < 1.29 is 19.5 Å². The van der Waals surface area contributed by atoms with Gasteiger partial charge in [-0.1, -0.05) is 47.5 Å². The topological polar surface area (TPSA) is 116 Å². The number of amides is 3. The molecule has 2 aliphatic rings. The van der Waals surface area contributed by atoms with Crippen molar-refractivity contribution in [2.45, 2.75) is 24.4 Å². The highest BCUT2D eigenvalue weighted by atomic mass is 35.5. The number of hydrogen-bond donors (Lipinski definition) is 2. The number of hydrogen-bond acceptors (Lipinski definition) is 7. The first kappa shape index (κ1) is 27.3. The van der Waals surface area contributed by atoms with Crippen LogP contribution in [0.3, 0.4) is 0 Å². The molecule has 0 aliphatic carbocycles. The van der Waals surface area contributed by atoms with Gasteiger partial charge in [0, 0.05) is 63.3 Å². The molecular weight excluding hydrogens is 585 g/mol. The van der Waals surface area contributed by atoms with Gasteiger partial charge in [-0.3, -0.25) is 9.69 Å². The number of aromatic carboxylic acids is 1. The number of imide groups is 1. The maximum absolute atomic E-state index is 14.3. The zero-order valence-electron chi connectivity index (χ0n) is 21.6. The van der Waals surface area contributed by atoms with Crippen LogP contribution in [-0.4, -0.2) is 56.5 Å². The number of carbonyl (C=O) groups is 3. The van der Waals surface area contributed by atoms with E-state index in [0.717, 1.165) is 26.5 Å². The van der Waals surface area contributed by atoms with Crippen LogP contribution >= 0.6 is 34.5 Å². The van der Waals surface area contributed by atoms with E-state index < -0.39 is 29.4 Å². The molecule has 1 unspecified atom stereocenters. The molecule has 2 saturated heterocycles. The van der Waals surface area contributed by atoms with Gasteiger partial charge in [0.1, 0.15) is 11.9 Å². The number of nitrogens with zero attached hydrogens (tertiary/aromatic N) is 4. The maximum Gasteiger partial charge on any atom is 0.336 e. The average Bonchev–Trinajstić information content (AvgIpc) is 3.65. The third-order valence-electron chi connectivity index (χ3n) is 7.72. The number of aromatic nitrogens is 2. The Balaban J connectivity index is 1.39. The predicted octanol–water partition coefficient (Wildman–Crippen LogP) is 5.87. The van der Waals surface area contributed by atoms with Crippen LogP contribution in [0.15, 0.2) is 72.6 Å². The number of carbonyl (C=O) groups excluding carboxylic acids is 2. The summed E-state index contributed by atoms with van der Waals surface area (Å²) in [6.07, 6.45) is 4.92. The fourth-order valence-corrected chi connectivity index (χ4v) is 7.12. The standard InChI is InChI=1S/C29H23Cl2N5O4S/c1-16(25-6-19(13-41-25)26(37)38)35-12-24(18-4-2-17(3-5-18)20-10-32-15-33-11-20)29(14-35)27(39)36(28(40)34-29)23-8-21(30)7-22(31)9-23/h2-11,13,15-16,24H,12,14H2,1H3,(H,34,40)(H,37,38)/t16?,24-,29-/m1/s1. The largest absolute Gasteiger partial charge is 0.478 e. The van der Waals surface area contributed by atoms with Gasteiger partial charge >= 0.3 is 12.0 Å². The quantitative estimate of drug-likeness (QED) is 0.263. The SMILES string of the molecule is CC(c1cc(C(=O)O)cs1)N1C[C@H](c2ccc(-c3cncnc3)cc2)[C@@]2(C1)NC(=O)N(c1cc(Cl)cc(Cl)c1)C2=O. The van der Waals surface area contributed by atoms with Gasteiger partial charge in [0.05, 0.1) is 11.3 Å². The van der Waals surface area contributed by atoms with E-state index >= 15 is 0 Å². The molecule has 6 rings (SSSR count). The Kier molecular flexibility index (Phi) is 7.03. The third kappa shape index (κ3) is 4.87. The summed E-state index contributed by atoms with van der Waals surface area (Å²) in [5.74, 6) is -1.80. The second-order valence-corrected chi connectivity index (χ2v) is 11.9. The fraction of sp³-hybridized carbons (Fsp3) is 0.207. The van der Waals surface area contributed by atoms with Crippen LogP contribution in [0, 0.1) is 0 Å². The van der Waals surface area contributed by atoms with Crippen molar-refractivity contribution in [1.29, 1.82) is 0 Å². The fourth-order valence-electron chi connectivity index (χ4n) is 5.63. The molecule has 12 heteroatoms. The second kappa shape index (κ2) is 10.5. The number of carboxylic acid groups (broad SMARTS) is 1. The number of rotatable bonds is 6. The van der Waals surface area contributed by atoms with E-state index in [9.17, 15) is 19.5 Å². The Hall–Kier alpha value is -3.83. The average molecular weight is 609 g/mol. The number of likely N-dealkylation sites (tertiary alicyclic amines) is 1. The van der Waals surface area contributed by atoms with Crippen molar-refractivity contribution in [3.63, 3.8) is 0 Å². The van der Waals surface area contributed by atoms with Crippen molar-refractivity contribution in [1.82, 2.24) is 20.2 Å². The molecule has 0 radical (unpaired) electrons. The number of halogens is 2. The number of nitrogens with one attached hydrogen (secondary N) is 1. The van der Waals surface area contributed by atoms with Crippen molar-refractivity contribution in [2.24, 2.45) is 0 Å². The van der Waals surface area contributed by atoms with E-state index in [1.54, 1.807) is 23.8 Å². The van der Waals surface area contributed by atoms with Crippen LogP contribution in [0.4, 0.5) is 10.5 Å². The number of carboxylic acids is 1. The first-order valence-corrected chi connectivity index (χ1v) is 14.3. The van der Waals surface area contributed by atoms with Crippen LogP contribution in [0.2, 0.25) is 10.0 Å². The summed E-state index contributed by atoms with van der Waals surface area (Å²) in [7, 11) is 0. The zero-order chi connectivity index (χ0) is 28.9. The lowest BCUT2D eigenvalue weighted by Gasteiger charge is -2.28. The molecule has 2 aromatic carbocycles. The molecule has 4 heterocycles. The Bertz CT molecular complexity index is 1650. The van der Waals surface area contributed by atoms with E-state index in [-0.39, 0.29) is 23.8 Å². The van der Waals surface area contributed by atoms with Crippen molar-refractivity contribution in [3.05, 3.63) is 98.7 Å². The highest BCUT2D eigenvalue weighted by Gasteiger charge is 2.61. The van der Waals surface area contributed by atoms with Gasteiger partial charge in [0.2, 0.25) is 0 Å². The molecule has 3 amide bonds. The minimum atomic E-state index is -1.27. The van der Waals surface area contributed by atoms with Crippen molar-refractivity contribution in [2.75, 3.05) is 18.0 Å². The summed E-state index contributed by atoms with van der Waals surface area (Å²) in [6.45, 7) is 2.65. The molecule has 2 N–H and O–H groups in total. The summed E-state index contributed by atoms with van der Waals surface area (Å²) in [4.78, 5) is 51.4. The lowest BCUT2D eigenvalue weighted by molar-refractivity contribution is -0.122. The molecule has 1 spiro atoms. The Morgan fingerprint density at radius 3 is 2.39 bits per heavy atom. The molecule has 9 nitrogen and oxygen atoms in total. The van der Waals surface area contributed by atoms with E-state index in [1.165, 1.54) is 35.9 Å². The number of thiophene rings is 1. The molecule has 208 valence electrons. The third-order valence-corrected chi connectivity index (χ3v) is 9.26. The number of benzene rings is 2. The first-order valence-electron chi connectivity index (χ1n) is 12.7.